The second-order valence-electron chi connectivity index (χ2n) is 7.08. The van der Waals surface area contributed by atoms with Crippen LogP contribution in [0.5, 0.6) is 0 Å². The van der Waals surface area contributed by atoms with Crippen LogP contribution in [0.2, 0.25) is 0 Å². The molecule has 0 saturated heterocycles. The zero-order chi connectivity index (χ0) is 21.7. The molecule has 0 unspecified atom stereocenters. The van der Waals surface area contributed by atoms with Gasteiger partial charge < -0.3 is 16.6 Å². The average molecular weight is 412 g/mol. The van der Waals surface area contributed by atoms with Gasteiger partial charge in [-0.1, -0.05) is 19.1 Å². The van der Waals surface area contributed by atoms with Gasteiger partial charge in [0.1, 0.15) is 34.1 Å². The summed E-state index contributed by atoms with van der Waals surface area (Å²) in [7, 11) is 0. The van der Waals surface area contributed by atoms with Crippen LogP contribution in [0, 0.1) is 17.6 Å². The van der Waals surface area contributed by atoms with E-state index in [0.29, 0.717) is 11.8 Å². The summed E-state index contributed by atoms with van der Waals surface area (Å²) in [4.78, 5) is 24.5. The summed E-state index contributed by atoms with van der Waals surface area (Å²) in [6.45, 7) is 3.64. The van der Waals surface area contributed by atoms with Crippen LogP contribution in [0.1, 0.15) is 24.2 Å². The summed E-state index contributed by atoms with van der Waals surface area (Å²) < 4.78 is 28.9. The van der Waals surface area contributed by atoms with E-state index in [4.69, 9.17) is 11.5 Å². The van der Waals surface area contributed by atoms with E-state index >= 15 is 0 Å². The topological polar surface area (TPSA) is 133 Å². The summed E-state index contributed by atoms with van der Waals surface area (Å²) in [6.07, 6.45) is 4.75. The van der Waals surface area contributed by atoms with Crippen LogP contribution in [0.4, 0.5) is 14.6 Å². The van der Waals surface area contributed by atoms with E-state index < -0.39 is 23.6 Å². The van der Waals surface area contributed by atoms with E-state index in [-0.39, 0.29) is 39.9 Å². The first kappa shape index (κ1) is 19.6. The standard InChI is InChI=1S/C20H18F2N6O2/c1-8-3-4-13(29)9(2)17(8)28-18(23)14(19(24)30)16-20(28)26-7-12(27-16)15-11(22)5-10(21)6-25-15/h3-7,9,13,29H,23H2,1-2H3,(H2,24,30)/t9-,13-/m1/s1. The molecule has 10 heteroatoms. The number of aliphatic hydroxyl groups excluding tert-OH is 1. The van der Waals surface area contributed by atoms with Gasteiger partial charge in [-0.15, -0.1) is 0 Å². The number of halogens is 2. The van der Waals surface area contributed by atoms with Crippen molar-refractivity contribution in [3.05, 3.63) is 53.4 Å². The van der Waals surface area contributed by atoms with Crippen LogP contribution in [0.3, 0.4) is 0 Å². The van der Waals surface area contributed by atoms with Crippen molar-refractivity contribution in [1.29, 1.82) is 0 Å². The molecule has 0 bridgehead atoms. The minimum absolute atomic E-state index is 0.00545. The molecule has 0 saturated carbocycles. The molecule has 3 aromatic heterocycles. The normalized spacial score (nSPS) is 19.0. The van der Waals surface area contributed by atoms with E-state index in [1.165, 1.54) is 10.8 Å². The second kappa shape index (κ2) is 6.99. The highest BCUT2D eigenvalue weighted by Gasteiger charge is 2.30. The SMILES string of the molecule is CC1=C(n2c(N)c(C(N)=O)c3nc(-c4ncc(F)cc4F)cnc32)[C@H](C)[C@H](O)C=C1. The minimum atomic E-state index is -0.926. The molecule has 4 rings (SSSR count). The Hall–Kier alpha value is -3.66. The van der Waals surface area contributed by atoms with Gasteiger partial charge >= 0.3 is 0 Å². The lowest BCUT2D eigenvalue weighted by atomic mass is 9.91. The van der Waals surface area contributed by atoms with Crippen LogP contribution in [0.25, 0.3) is 28.2 Å². The van der Waals surface area contributed by atoms with Crippen molar-refractivity contribution in [3.8, 4) is 11.4 Å². The van der Waals surface area contributed by atoms with Crippen LogP contribution >= 0.6 is 0 Å². The number of allylic oxidation sites excluding steroid dienone is 2. The van der Waals surface area contributed by atoms with E-state index in [1.807, 2.05) is 13.8 Å². The second-order valence-corrected chi connectivity index (χ2v) is 7.08. The third kappa shape index (κ3) is 2.92. The highest BCUT2D eigenvalue weighted by atomic mass is 19.1. The summed E-state index contributed by atoms with van der Waals surface area (Å²) in [5.74, 6) is -2.95. The number of rotatable bonds is 3. The lowest BCUT2D eigenvalue weighted by molar-refractivity contribution is 0.100. The first-order valence-electron chi connectivity index (χ1n) is 9.06. The predicted octanol–water partition coefficient (Wildman–Crippen LogP) is 2.25. The van der Waals surface area contributed by atoms with Gasteiger partial charge in [0.15, 0.2) is 11.5 Å². The van der Waals surface area contributed by atoms with Gasteiger partial charge in [0.25, 0.3) is 5.91 Å². The molecular weight excluding hydrogens is 394 g/mol. The zero-order valence-corrected chi connectivity index (χ0v) is 16.1. The Balaban J connectivity index is 2.02. The predicted molar refractivity (Wildman–Crippen MR) is 107 cm³/mol. The summed E-state index contributed by atoms with van der Waals surface area (Å²) >= 11 is 0. The first-order chi connectivity index (χ1) is 14.2. The van der Waals surface area contributed by atoms with Crippen LogP contribution in [-0.2, 0) is 0 Å². The number of nitrogen functional groups attached to an aromatic ring is 1. The molecule has 0 aromatic carbocycles. The molecule has 5 N–H and O–H groups in total. The molecule has 154 valence electrons. The van der Waals surface area contributed by atoms with Gasteiger partial charge in [0, 0.05) is 17.7 Å². The third-order valence-electron chi connectivity index (χ3n) is 5.13. The van der Waals surface area contributed by atoms with Crippen molar-refractivity contribution in [3.63, 3.8) is 0 Å². The van der Waals surface area contributed by atoms with Crippen molar-refractivity contribution >= 4 is 28.6 Å². The van der Waals surface area contributed by atoms with Gasteiger partial charge in [-0.05, 0) is 12.5 Å². The van der Waals surface area contributed by atoms with Gasteiger partial charge in [-0.2, -0.15) is 0 Å². The summed E-state index contributed by atoms with van der Waals surface area (Å²) in [5, 5.41) is 10.3. The maximum absolute atomic E-state index is 14.2. The summed E-state index contributed by atoms with van der Waals surface area (Å²) in [6, 6.07) is 0.675. The number of carbonyl (C=O) groups is 1. The van der Waals surface area contributed by atoms with E-state index in [2.05, 4.69) is 15.0 Å². The van der Waals surface area contributed by atoms with E-state index in [1.54, 1.807) is 12.2 Å². The number of carbonyl (C=O) groups excluding carboxylic acids is 1. The maximum Gasteiger partial charge on any atom is 0.254 e. The van der Waals surface area contributed by atoms with Crippen LogP contribution in [-0.4, -0.2) is 36.6 Å². The van der Waals surface area contributed by atoms with Gasteiger partial charge in [-0.3, -0.25) is 9.36 Å². The van der Waals surface area contributed by atoms with Gasteiger partial charge in [0.05, 0.1) is 18.5 Å². The Bertz CT molecular complexity index is 1260. The number of aromatic nitrogens is 4. The fourth-order valence-corrected chi connectivity index (χ4v) is 3.66. The fraction of sp³-hybridized carbons (Fsp3) is 0.200. The Morgan fingerprint density at radius 3 is 2.67 bits per heavy atom. The average Bonchev–Trinajstić information content (AvgIpc) is 2.96. The fourth-order valence-electron chi connectivity index (χ4n) is 3.66. The number of anilines is 1. The molecule has 1 aliphatic rings. The highest BCUT2D eigenvalue weighted by Crippen LogP contribution is 2.37. The maximum atomic E-state index is 14.2. The number of hydrogen-bond acceptors (Lipinski definition) is 6. The molecule has 30 heavy (non-hydrogen) atoms. The quantitative estimate of drug-likeness (QED) is 0.604. The number of fused-ring (bicyclic) bond motifs is 1. The van der Waals surface area contributed by atoms with Crippen molar-refractivity contribution in [2.45, 2.75) is 20.0 Å². The van der Waals surface area contributed by atoms with E-state index in [0.717, 1.165) is 11.8 Å². The lowest BCUT2D eigenvalue weighted by Crippen LogP contribution is -2.24. The zero-order valence-electron chi connectivity index (χ0n) is 16.1. The molecule has 2 atom stereocenters. The number of pyridine rings is 1. The van der Waals surface area contributed by atoms with Crippen LogP contribution in [0.15, 0.2) is 36.2 Å². The number of nitrogens with two attached hydrogens (primary N) is 2. The molecule has 1 aliphatic carbocycles. The van der Waals surface area contributed by atoms with Crippen molar-refractivity contribution < 1.29 is 18.7 Å². The molecule has 0 fully saturated rings. The minimum Gasteiger partial charge on any atom is -0.388 e. The Labute approximate surface area is 169 Å². The number of nitrogens with zero attached hydrogens (tertiary/aromatic N) is 4. The molecular formula is C20H18F2N6O2. The number of aliphatic hydroxyl groups is 1. The van der Waals surface area contributed by atoms with Crippen molar-refractivity contribution in [1.82, 2.24) is 19.5 Å². The van der Waals surface area contributed by atoms with Crippen LogP contribution < -0.4 is 11.5 Å². The molecule has 3 heterocycles. The number of primary amides is 1. The first-order valence-corrected chi connectivity index (χ1v) is 9.06. The highest BCUT2D eigenvalue weighted by molar-refractivity contribution is 6.10. The molecule has 1 amide bonds. The van der Waals surface area contributed by atoms with Crippen molar-refractivity contribution in [2.24, 2.45) is 11.7 Å². The Morgan fingerprint density at radius 2 is 2.00 bits per heavy atom. The van der Waals surface area contributed by atoms with Crippen molar-refractivity contribution in [2.75, 3.05) is 5.73 Å². The van der Waals surface area contributed by atoms with Gasteiger partial charge in [-0.25, -0.2) is 23.7 Å². The van der Waals surface area contributed by atoms with Gasteiger partial charge in [0.2, 0.25) is 0 Å². The molecule has 0 aliphatic heterocycles. The Morgan fingerprint density at radius 1 is 1.27 bits per heavy atom. The number of hydrogen-bond donors (Lipinski definition) is 3. The molecule has 0 spiro atoms. The monoisotopic (exact) mass is 412 g/mol. The molecule has 3 aromatic rings. The number of amides is 1. The molecule has 8 nitrogen and oxygen atoms in total. The largest absolute Gasteiger partial charge is 0.388 e. The Kier molecular flexibility index (Phi) is 4.58. The summed E-state index contributed by atoms with van der Waals surface area (Å²) in [5.41, 5.74) is 13.2. The third-order valence-corrected chi connectivity index (χ3v) is 5.13. The smallest absolute Gasteiger partial charge is 0.254 e. The lowest BCUT2D eigenvalue weighted by Gasteiger charge is -2.27. The van der Waals surface area contributed by atoms with E-state index in [9.17, 15) is 18.7 Å². The molecule has 0 radical (unpaired) electrons.